The normalized spacial score (nSPS) is 11.6. The van der Waals surface area contributed by atoms with Gasteiger partial charge in [0, 0.05) is 17.1 Å². The number of nitrogens with zero attached hydrogens (tertiary/aromatic N) is 1. The van der Waals surface area contributed by atoms with E-state index in [4.69, 9.17) is 4.98 Å². The second kappa shape index (κ2) is 9.90. The highest BCUT2D eigenvalue weighted by Gasteiger charge is 2.19. The summed E-state index contributed by atoms with van der Waals surface area (Å²) in [6.45, 7) is 0. The molecule has 1 nitrogen and oxygen atoms in total. The number of fused-ring (bicyclic) bond motifs is 5. The first-order valence-electron chi connectivity index (χ1n) is 15.1. The lowest BCUT2D eigenvalue weighted by atomic mass is 9.86. The molecule has 8 aromatic carbocycles. The van der Waals surface area contributed by atoms with E-state index in [-0.39, 0.29) is 0 Å². The van der Waals surface area contributed by atoms with E-state index >= 15 is 0 Å². The molecule has 0 aliphatic rings. The average Bonchev–Trinajstić information content (AvgIpc) is 3.09. The molecule has 0 fully saturated rings. The monoisotopic (exact) mass is 557 g/mol. The van der Waals surface area contributed by atoms with E-state index in [1.54, 1.807) is 0 Å². The highest BCUT2D eigenvalue weighted by molar-refractivity contribution is 6.22. The predicted octanol–water partition coefficient (Wildman–Crippen LogP) is 11.8. The number of rotatable bonds is 3. The fourth-order valence-corrected chi connectivity index (χ4v) is 6.97. The summed E-state index contributed by atoms with van der Waals surface area (Å²) < 4.78 is 0. The van der Waals surface area contributed by atoms with E-state index in [1.165, 1.54) is 81.9 Å². The Morgan fingerprint density at radius 2 is 0.841 bits per heavy atom. The molecule has 9 rings (SSSR count). The van der Waals surface area contributed by atoms with Crippen LogP contribution in [0.4, 0.5) is 0 Å². The SMILES string of the molecule is c1ccc2cc(-c3ccc4cc(-c5c6ccccc6c(-c6cccc7ccccc67)c6ncccc56)ccc4c3)ccc2c1. The van der Waals surface area contributed by atoms with Gasteiger partial charge in [0.25, 0.3) is 0 Å². The van der Waals surface area contributed by atoms with E-state index in [0.717, 1.165) is 5.52 Å². The van der Waals surface area contributed by atoms with Crippen LogP contribution in [0, 0.1) is 0 Å². The van der Waals surface area contributed by atoms with Crippen LogP contribution < -0.4 is 0 Å². The summed E-state index contributed by atoms with van der Waals surface area (Å²) in [7, 11) is 0. The molecule has 0 spiro atoms. The third-order valence-electron chi connectivity index (χ3n) is 9.05. The van der Waals surface area contributed by atoms with E-state index in [9.17, 15) is 0 Å². The zero-order valence-electron chi connectivity index (χ0n) is 24.0. The minimum absolute atomic E-state index is 1.03. The van der Waals surface area contributed by atoms with Crippen LogP contribution in [-0.2, 0) is 0 Å². The third-order valence-corrected chi connectivity index (χ3v) is 9.05. The number of benzene rings is 8. The minimum atomic E-state index is 1.03. The second-order valence-corrected chi connectivity index (χ2v) is 11.6. The van der Waals surface area contributed by atoms with Crippen LogP contribution in [0.1, 0.15) is 0 Å². The molecular weight excluding hydrogens is 530 g/mol. The number of pyridine rings is 1. The molecule has 0 aliphatic carbocycles. The number of hydrogen-bond donors (Lipinski definition) is 0. The Hall–Kier alpha value is -5.79. The van der Waals surface area contributed by atoms with Crippen LogP contribution in [0.2, 0.25) is 0 Å². The van der Waals surface area contributed by atoms with Gasteiger partial charge in [0.2, 0.25) is 0 Å². The van der Waals surface area contributed by atoms with Crippen molar-refractivity contribution in [2.24, 2.45) is 0 Å². The van der Waals surface area contributed by atoms with Crippen LogP contribution >= 0.6 is 0 Å². The number of hydrogen-bond acceptors (Lipinski definition) is 1. The van der Waals surface area contributed by atoms with Gasteiger partial charge in [0.1, 0.15) is 0 Å². The van der Waals surface area contributed by atoms with Gasteiger partial charge in [-0.25, -0.2) is 0 Å². The first kappa shape index (κ1) is 24.8. The molecule has 0 saturated carbocycles. The van der Waals surface area contributed by atoms with Gasteiger partial charge in [-0.15, -0.1) is 0 Å². The van der Waals surface area contributed by atoms with E-state index < -0.39 is 0 Å². The van der Waals surface area contributed by atoms with Gasteiger partial charge in [-0.3, -0.25) is 4.98 Å². The Morgan fingerprint density at radius 1 is 0.318 bits per heavy atom. The summed E-state index contributed by atoms with van der Waals surface area (Å²) in [4.78, 5) is 5.03. The Kier molecular flexibility index (Phi) is 5.57. The van der Waals surface area contributed by atoms with Gasteiger partial charge in [-0.05, 0) is 95.2 Å². The first-order chi connectivity index (χ1) is 21.8. The van der Waals surface area contributed by atoms with E-state index in [0.29, 0.717) is 0 Å². The van der Waals surface area contributed by atoms with Crippen molar-refractivity contribution in [2.45, 2.75) is 0 Å². The zero-order valence-corrected chi connectivity index (χ0v) is 24.0. The molecule has 1 heterocycles. The predicted molar refractivity (Wildman–Crippen MR) is 188 cm³/mol. The fraction of sp³-hybridized carbons (Fsp3) is 0. The van der Waals surface area contributed by atoms with Gasteiger partial charge in [0.05, 0.1) is 5.52 Å². The van der Waals surface area contributed by atoms with Crippen molar-refractivity contribution in [1.29, 1.82) is 0 Å². The molecule has 0 radical (unpaired) electrons. The Morgan fingerprint density at radius 3 is 1.61 bits per heavy atom. The molecule has 0 saturated heterocycles. The summed E-state index contributed by atoms with van der Waals surface area (Å²) in [5.74, 6) is 0. The van der Waals surface area contributed by atoms with Gasteiger partial charge in [-0.2, -0.15) is 0 Å². The van der Waals surface area contributed by atoms with Crippen molar-refractivity contribution in [3.05, 3.63) is 164 Å². The Balaban J connectivity index is 1.25. The molecule has 0 bridgehead atoms. The van der Waals surface area contributed by atoms with Crippen LogP contribution in [0.15, 0.2) is 164 Å². The topological polar surface area (TPSA) is 12.9 Å². The highest BCUT2D eigenvalue weighted by atomic mass is 14.7. The summed E-state index contributed by atoms with van der Waals surface area (Å²) in [5.41, 5.74) is 8.34. The lowest BCUT2D eigenvalue weighted by Gasteiger charge is -2.18. The smallest absolute Gasteiger partial charge is 0.0793 e. The maximum absolute atomic E-state index is 5.03. The molecule has 0 atom stereocenters. The summed E-state index contributed by atoms with van der Waals surface area (Å²) >= 11 is 0. The van der Waals surface area contributed by atoms with Crippen molar-refractivity contribution >= 4 is 54.0 Å². The van der Waals surface area contributed by atoms with Crippen molar-refractivity contribution in [3.8, 4) is 33.4 Å². The van der Waals surface area contributed by atoms with E-state index in [2.05, 4.69) is 158 Å². The Bertz CT molecular complexity index is 2500. The largest absolute Gasteiger partial charge is 0.256 e. The highest BCUT2D eigenvalue weighted by Crippen LogP contribution is 2.45. The molecule has 0 aliphatic heterocycles. The molecule has 9 aromatic rings. The molecular formula is C43H27N. The maximum atomic E-state index is 5.03. The fourth-order valence-electron chi connectivity index (χ4n) is 6.97. The summed E-state index contributed by atoms with van der Waals surface area (Å²) in [6, 6.07) is 57.3. The third kappa shape index (κ3) is 3.91. The van der Waals surface area contributed by atoms with Gasteiger partial charge < -0.3 is 0 Å². The van der Waals surface area contributed by atoms with E-state index in [1.807, 2.05) is 6.20 Å². The standard InChI is InChI=1S/C43H27N/c1-2-11-30-25-31(19-18-28(30)9-1)32-20-21-34-27-35(23-22-33(34)26-32)41-38-14-5-6-15-39(38)42(43-40(41)17-8-24-44-43)37-16-7-12-29-10-3-4-13-36(29)37/h1-27H. The average molecular weight is 558 g/mol. The molecule has 204 valence electrons. The van der Waals surface area contributed by atoms with Crippen molar-refractivity contribution in [3.63, 3.8) is 0 Å². The lowest BCUT2D eigenvalue weighted by Crippen LogP contribution is -1.93. The van der Waals surface area contributed by atoms with Gasteiger partial charge in [0.15, 0.2) is 0 Å². The summed E-state index contributed by atoms with van der Waals surface area (Å²) in [5, 5.41) is 11.1. The maximum Gasteiger partial charge on any atom is 0.0793 e. The summed E-state index contributed by atoms with van der Waals surface area (Å²) in [6.07, 6.45) is 1.92. The lowest BCUT2D eigenvalue weighted by molar-refractivity contribution is 1.42. The molecule has 44 heavy (non-hydrogen) atoms. The zero-order chi connectivity index (χ0) is 29.0. The van der Waals surface area contributed by atoms with Gasteiger partial charge >= 0.3 is 0 Å². The molecule has 1 aromatic heterocycles. The van der Waals surface area contributed by atoms with Crippen LogP contribution in [0.3, 0.4) is 0 Å². The second-order valence-electron chi connectivity index (χ2n) is 11.6. The van der Waals surface area contributed by atoms with Gasteiger partial charge in [-0.1, -0.05) is 133 Å². The quantitative estimate of drug-likeness (QED) is 0.197. The van der Waals surface area contributed by atoms with Crippen molar-refractivity contribution < 1.29 is 0 Å². The van der Waals surface area contributed by atoms with Crippen molar-refractivity contribution in [2.75, 3.05) is 0 Å². The Labute approximate surface area is 255 Å². The molecule has 1 heteroatoms. The first-order valence-corrected chi connectivity index (χ1v) is 15.1. The molecule has 0 amide bonds. The minimum Gasteiger partial charge on any atom is -0.256 e. The molecule has 0 unspecified atom stereocenters. The van der Waals surface area contributed by atoms with Crippen LogP contribution in [0.25, 0.3) is 87.4 Å². The van der Waals surface area contributed by atoms with Crippen molar-refractivity contribution in [1.82, 2.24) is 4.98 Å². The molecule has 0 N–H and O–H groups in total. The number of aromatic nitrogens is 1. The van der Waals surface area contributed by atoms with Crippen LogP contribution in [-0.4, -0.2) is 4.98 Å². The van der Waals surface area contributed by atoms with Crippen LogP contribution in [0.5, 0.6) is 0 Å².